The molecule has 1 saturated heterocycles. The molecule has 0 bridgehead atoms. The number of aliphatic hydroxyl groups is 5. The summed E-state index contributed by atoms with van der Waals surface area (Å²) in [6.45, 7) is 5.75. The minimum Gasteiger partial charge on any atom is -0.454 e. The van der Waals surface area contributed by atoms with Crippen LogP contribution in [0.25, 0.3) is 0 Å². The van der Waals surface area contributed by atoms with Crippen molar-refractivity contribution in [3.05, 3.63) is 85.1 Å². The topological polar surface area (TPSA) is 175 Å². The molecule has 1 heterocycles. The monoisotopic (exact) mass is 1180 g/mol. The zero-order chi connectivity index (χ0) is 61.0. The number of nitrogens with one attached hydrogen (secondary N) is 1. The van der Waals surface area contributed by atoms with E-state index in [2.05, 4.69) is 99.0 Å². The number of amides is 1. The van der Waals surface area contributed by atoms with E-state index in [9.17, 15) is 35.1 Å². The predicted molar refractivity (Wildman–Crippen MR) is 352 cm³/mol. The summed E-state index contributed by atoms with van der Waals surface area (Å²) in [6.07, 6.45) is 69.0. The van der Waals surface area contributed by atoms with Crippen LogP contribution in [0.5, 0.6) is 0 Å². The van der Waals surface area contributed by atoms with Crippen molar-refractivity contribution in [3.8, 4) is 0 Å². The van der Waals surface area contributed by atoms with Crippen molar-refractivity contribution in [2.75, 3.05) is 13.2 Å². The van der Waals surface area contributed by atoms with Gasteiger partial charge in [0, 0.05) is 6.42 Å². The Morgan fingerprint density at radius 3 is 1.25 bits per heavy atom. The maximum atomic E-state index is 13.5. The third kappa shape index (κ3) is 47.0. The number of carbonyl (C=O) groups is 2. The van der Waals surface area contributed by atoms with Gasteiger partial charge in [-0.15, -0.1) is 0 Å². The van der Waals surface area contributed by atoms with Crippen molar-refractivity contribution < 1.29 is 49.3 Å². The van der Waals surface area contributed by atoms with Gasteiger partial charge in [0.2, 0.25) is 5.91 Å². The normalized spacial score (nSPS) is 19.0. The fourth-order valence-corrected chi connectivity index (χ4v) is 10.5. The first-order chi connectivity index (χ1) is 41.2. The second kappa shape index (κ2) is 60.1. The SMILES string of the molecule is CCCCC/C=C\C/C=C\C/C=C\CCCCCCCCCCCCCC(O)C(=O)NC(COC1OC(CO)C(O)C(O)C1OC(=O)CCCCCCCC/C=C\C/C=C\C/C=C\CCCCC)C(O)/C=C/CCCCCCCCCCCC. The van der Waals surface area contributed by atoms with Crippen LogP contribution in [0.4, 0.5) is 0 Å². The number of hydrogen-bond acceptors (Lipinski definition) is 10. The second-order valence-electron chi connectivity index (χ2n) is 23.9. The number of hydrogen-bond donors (Lipinski definition) is 6. The van der Waals surface area contributed by atoms with E-state index in [1.54, 1.807) is 6.08 Å². The van der Waals surface area contributed by atoms with E-state index in [1.165, 1.54) is 148 Å². The maximum absolute atomic E-state index is 13.5. The van der Waals surface area contributed by atoms with E-state index in [1.807, 2.05) is 6.08 Å². The summed E-state index contributed by atoms with van der Waals surface area (Å²) in [5, 5.41) is 57.2. The largest absolute Gasteiger partial charge is 0.454 e. The first kappa shape index (κ1) is 78.9. The van der Waals surface area contributed by atoms with Crippen molar-refractivity contribution in [2.45, 2.75) is 352 Å². The van der Waals surface area contributed by atoms with Crippen LogP contribution in [0.1, 0.15) is 303 Å². The summed E-state index contributed by atoms with van der Waals surface area (Å²) in [4.78, 5) is 26.7. The average Bonchev–Trinajstić information content (AvgIpc) is 3.54. The van der Waals surface area contributed by atoms with Crippen LogP contribution >= 0.6 is 0 Å². The maximum Gasteiger partial charge on any atom is 0.306 e. The number of esters is 1. The first-order valence-electron chi connectivity index (χ1n) is 34.9. The molecule has 8 unspecified atom stereocenters. The minimum absolute atomic E-state index is 0.106. The molecule has 6 N–H and O–H groups in total. The molecular weight excluding hydrogens is 1050 g/mol. The summed E-state index contributed by atoms with van der Waals surface area (Å²) < 4.78 is 17.7. The van der Waals surface area contributed by atoms with E-state index < -0.39 is 67.4 Å². The van der Waals surface area contributed by atoms with Gasteiger partial charge in [-0.3, -0.25) is 9.59 Å². The molecule has 1 amide bonds. The summed E-state index contributed by atoms with van der Waals surface area (Å²) in [5.74, 6) is -1.21. The zero-order valence-corrected chi connectivity index (χ0v) is 54.0. The van der Waals surface area contributed by atoms with Crippen molar-refractivity contribution in [1.82, 2.24) is 5.32 Å². The van der Waals surface area contributed by atoms with E-state index in [0.717, 1.165) is 109 Å². The van der Waals surface area contributed by atoms with Gasteiger partial charge in [0.05, 0.1) is 25.4 Å². The minimum atomic E-state index is -1.62. The van der Waals surface area contributed by atoms with Crippen LogP contribution in [0.3, 0.4) is 0 Å². The molecule has 8 atom stereocenters. The lowest BCUT2D eigenvalue weighted by atomic mass is 9.99. The molecule has 0 radical (unpaired) electrons. The Hall–Kier alpha value is -3.16. The summed E-state index contributed by atoms with van der Waals surface area (Å²) in [5.41, 5.74) is 0. The van der Waals surface area contributed by atoms with Crippen LogP contribution < -0.4 is 5.32 Å². The predicted octanol–water partition coefficient (Wildman–Crippen LogP) is 17.7. The molecule has 84 heavy (non-hydrogen) atoms. The molecule has 1 aliphatic heterocycles. The van der Waals surface area contributed by atoms with Crippen molar-refractivity contribution in [3.63, 3.8) is 0 Å². The Balaban J connectivity index is 2.60. The molecule has 11 nitrogen and oxygen atoms in total. The van der Waals surface area contributed by atoms with Crippen LogP contribution in [-0.4, -0.2) is 99.6 Å². The lowest BCUT2D eigenvalue weighted by molar-refractivity contribution is -0.305. The summed E-state index contributed by atoms with van der Waals surface area (Å²) in [6, 6.07) is -1.03. The number of unbranched alkanes of at least 4 members (excludes halogenated alkanes) is 33. The molecule has 0 aromatic rings. The van der Waals surface area contributed by atoms with Crippen LogP contribution in [-0.2, 0) is 23.8 Å². The molecule has 0 aromatic carbocycles. The van der Waals surface area contributed by atoms with E-state index in [-0.39, 0.29) is 19.4 Å². The lowest BCUT2D eigenvalue weighted by Crippen LogP contribution is -2.61. The quantitative estimate of drug-likeness (QED) is 0.0195. The van der Waals surface area contributed by atoms with Crippen molar-refractivity contribution in [2.24, 2.45) is 0 Å². The fourth-order valence-electron chi connectivity index (χ4n) is 10.5. The highest BCUT2D eigenvalue weighted by Gasteiger charge is 2.47. The number of carbonyl (C=O) groups excluding carboxylic acids is 2. The third-order valence-corrected chi connectivity index (χ3v) is 16.0. The highest BCUT2D eigenvalue weighted by Crippen LogP contribution is 2.26. The highest BCUT2D eigenvalue weighted by molar-refractivity contribution is 5.80. The summed E-state index contributed by atoms with van der Waals surface area (Å²) >= 11 is 0. The van der Waals surface area contributed by atoms with Crippen molar-refractivity contribution >= 4 is 11.9 Å². The van der Waals surface area contributed by atoms with E-state index in [0.29, 0.717) is 12.8 Å². The van der Waals surface area contributed by atoms with Gasteiger partial charge in [0.15, 0.2) is 12.4 Å². The number of ether oxygens (including phenoxy) is 3. The van der Waals surface area contributed by atoms with Crippen LogP contribution in [0.15, 0.2) is 85.1 Å². The molecule has 486 valence electrons. The van der Waals surface area contributed by atoms with Gasteiger partial charge in [-0.1, -0.05) is 279 Å². The van der Waals surface area contributed by atoms with Gasteiger partial charge in [-0.05, 0) is 103 Å². The molecule has 1 rings (SSSR count). The van der Waals surface area contributed by atoms with Gasteiger partial charge in [0.25, 0.3) is 0 Å². The third-order valence-electron chi connectivity index (χ3n) is 16.0. The molecule has 0 aliphatic carbocycles. The van der Waals surface area contributed by atoms with E-state index >= 15 is 0 Å². The van der Waals surface area contributed by atoms with Crippen LogP contribution in [0.2, 0.25) is 0 Å². The van der Waals surface area contributed by atoms with Gasteiger partial charge in [-0.25, -0.2) is 0 Å². The average molecular weight is 1180 g/mol. The van der Waals surface area contributed by atoms with Gasteiger partial charge >= 0.3 is 5.97 Å². The van der Waals surface area contributed by atoms with Crippen molar-refractivity contribution in [1.29, 1.82) is 0 Å². The standard InChI is InChI=1S/C73H129NO10/c1-4-7-10-13-16-19-22-25-27-29-31-32-33-34-35-37-38-40-42-45-48-51-54-57-60-66(77)72(81)74-64(65(76)59-56-53-50-47-44-24-21-18-15-12-9-6-3)63-82-73-71(70(80)69(79)67(62-75)83-73)84-68(78)61-58-55-52-49-46-43-41-39-36-30-28-26-23-20-17-14-11-8-5-2/h16-17,19-20,25-28,31-32,36,39,56,59,64-67,69-71,73,75-77,79-80H,4-15,18,21-24,29-30,33-35,37-38,40-55,57-58,60-63H2,1-3H3,(H,74,81)/b19-16-,20-17-,27-25-,28-26-,32-31-,39-36-,59-56+. The molecule has 0 spiro atoms. The highest BCUT2D eigenvalue weighted by atomic mass is 16.7. The summed E-state index contributed by atoms with van der Waals surface area (Å²) in [7, 11) is 0. The smallest absolute Gasteiger partial charge is 0.306 e. The van der Waals surface area contributed by atoms with Crippen LogP contribution in [0, 0.1) is 0 Å². The molecule has 0 aromatic heterocycles. The van der Waals surface area contributed by atoms with E-state index in [4.69, 9.17) is 14.2 Å². The Morgan fingerprint density at radius 2 is 0.821 bits per heavy atom. The number of aliphatic hydroxyl groups excluding tert-OH is 5. The molecule has 11 heteroatoms. The fraction of sp³-hybridized carbons (Fsp3) is 0.781. The lowest BCUT2D eigenvalue weighted by Gasteiger charge is -2.41. The number of allylic oxidation sites excluding steroid dienone is 13. The zero-order valence-electron chi connectivity index (χ0n) is 54.0. The van der Waals surface area contributed by atoms with Gasteiger partial charge in [-0.2, -0.15) is 0 Å². The molecule has 0 saturated carbocycles. The Kier molecular flexibility index (Phi) is 56.5. The first-order valence-corrected chi connectivity index (χ1v) is 34.9. The van der Waals surface area contributed by atoms with Gasteiger partial charge < -0.3 is 45.1 Å². The molecular formula is C73H129NO10. The molecule has 1 fully saturated rings. The Bertz CT molecular complexity index is 1690. The van der Waals surface area contributed by atoms with Gasteiger partial charge in [0.1, 0.15) is 24.4 Å². The second-order valence-corrected chi connectivity index (χ2v) is 23.9. The molecule has 1 aliphatic rings. The number of rotatable bonds is 59. The Labute approximate surface area is 514 Å². The Morgan fingerprint density at radius 1 is 0.464 bits per heavy atom.